The smallest absolute Gasteiger partial charge is 0.232 e. The maximum Gasteiger partial charge on any atom is 0.232 e. The fourth-order valence-electron chi connectivity index (χ4n) is 4.47. The van der Waals surface area contributed by atoms with E-state index in [1.165, 1.54) is 75.3 Å². The van der Waals surface area contributed by atoms with E-state index >= 15 is 0 Å². The normalized spacial score (nSPS) is 12.0. The van der Waals surface area contributed by atoms with Crippen LogP contribution in [0.4, 0.5) is 5.69 Å². The molecule has 0 bridgehead atoms. The van der Waals surface area contributed by atoms with Crippen molar-refractivity contribution >= 4 is 33.0 Å². The number of fused-ring (bicyclic) bond motifs is 1. The monoisotopic (exact) mass is 535 g/mol. The zero-order valence-corrected chi connectivity index (χ0v) is 23.4. The summed E-state index contributed by atoms with van der Waals surface area (Å²) in [6, 6.07) is 7.13. The largest absolute Gasteiger partial charge is 0.284 e. The molecule has 0 amide bonds. The lowest BCUT2D eigenvalue weighted by atomic mass is 10.0. The number of aromatic nitrogens is 4. The topological polar surface area (TPSA) is 92.1 Å². The number of nitrogens with one attached hydrogen (secondary N) is 2. The Bertz CT molecular complexity index is 1170. The molecular formula is C27H42ClN5O2S. The van der Waals surface area contributed by atoms with Crippen molar-refractivity contribution in [3.8, 4) is 11.4 Å². The minimum absolute atomic E-state index is 0.135. The second kappa shape index (κ2) is 14.6. The summed E-state index contributed by atoms with van der Waals surface area (Å²) in [7, 11) is -3.40. The Hall–Kier alpha value is -2.06. The summed E-state index contributed by atoms with van der Waals surface area (Å²) < 4.78 is 29.4. The number of aromatic amines is 1. The van der Waals surface area contributed by atoms with Gasteiger partial charge in [0, 0.05) is 11.3 Å². The van der Waals surface area contributed by atoms with Crippen molar-refractivity contribution in [2.45, 2.75) is 104 Å². The molecule has 36 heavy (non-hydrogen) atoms. The number of aryl methyl sites for hydroxylation is 1. The van der Waals surface area contributed by atoms with E-state index in [0.717, 1.165) is 24.1 Å². The van der Waals surface area contributed by atoms with Crippen molar-refractivity contribution in [1.82, 2.24) is 19.8 Å². The lowest BCUT2D eigenvalue weighted by Crippen LogP contribution is -2.16. The summed E-state index contributed by atoms with van der Waals surface area (Å²) >= 11 is 6.25. The Morgan fingerprint density at radius 2 is 1.50 bits per heavy atom. The second-order valence-electron chi connectivity index (χ2n) is 9.82. The third-order valence-electron chi connectivity index (χ3n) is 6.57. The first-order valence-electron chi connectivity index (χ1n) is 13.6. The van der Waals surface area contributed by atoms with Crippen LogP contribution in [0, 0.1) is 6.92 Å². The molecule has 2 aromatic heterocycles. The number of hydrogen-bond donors (Lipinski definition) is 2. The predicted molar refractivity (Wildman–Crippen MR) is 150 cm³/mol. The highest BCUT2D eigenvalue weighted by atomic mass is 35.5. The van der Waals surface area contributed by atoms with Gasteiger partial charge in [-0.25, -0.2) is 13.4 Å². The van der Waals surface area contributed by atoms with E-state index in [0.29, 0.717) is 28.6 Å². The number of nitrogens with zero attached hydrogens (tertiary/aromatic N) is 3. The van der Waals surface area contributed by atoms with Crippen LogP contribution in [0.3, 0.4) is 0 Å². The summed E-state index contributed by atoms with van der Waals surface area (Å²) in [6.45, 7) is 4.11. The molecule has 0 atom stereocenters. The van der Waals surface area contributed by atoms with Crippen LogP contribution in [-0.4, -0.2) is 34.0 Å². The van der Waals surface area contributed by atoms with Crippen molar-refractivity contribution in [1.29, 1.82) is 0 Å². The van der Waals surface area contributed by atoms with Crippen LogP contribution in [0.25, 0.3) is 17.0 Å². The van der Waals surface area contributed by atoms with E-state index in [9.17, 15) is 8.42 Å². The minimum atomic E-state index is -3.40. The van der Waals surface area contributed by atoms with Crippen LogP contribution in [0.5, 0.6) is 0 Å². The summed E-state index contributed by atoms with van der Waals surface area (Å²) in [6.07, 6.45) is 17.4. The Morgan fingerprint density at radius 3 is 2.08 bits per heavy atom. The first-order valence-corrected chi connectivity index (χ1v) is 15.6. The van der Waals surface area contributed by atoms with Crippen LogP contribution in [0.15, 0.2) is 24.3 Å². The molecule has 2 heterocycles. The summed E-state index contributed by atoms with van der Waals surface area (Å²) in [5.74, 6) is 0.617. The molecule has 3 aromatic rings. The molecule has 7 nitrogen and oxygen atoms in total. The van der Waals surface area contributed by atoms with Gasteiger partial charge in [0.2, 0.25) is 10.0 Å². The molecule has 0 unspecified atom stereocenters. The number of unbranched alkanes of at least 4 members (excludes halogenated alkanes) is 13. The van der Waals surface area contributed by atoms with Gasteiger partial charge in [-0.05, 0) is 25.5 Å². The van der Waals surface area contributed by atoms with E-state index in [2.05, 4.69) is 26.8 Å². The van der Waals surface area contributed by atoms with Gasteiger partial charge in [0.1, 0.15) is 5.02 Å². The molecule has 0 fully saturated rings. The molecule has 9 heteroatoms. The van der Waals surface area contributed by atoms with Crippen molar-refractivity contribution in [2.75, 3.05) is 10.5 Å². The fraction of sp³-hybridized carbons (Fsp3) is 0.630. The van der Waals surface area contributed by atoms with Crippen LogP contribution in [-0.2, 0) is 10.0 Å². The average molecular weight is 536 g/mol. The number of rotatable bonds is 18. The molecule has 2 N–H and O–H groups in total. The quantitative estimate of drug-likeness (QED) is 0.162. The standard InChI is InChI=1S/C27H42ClN5O2S/c1-3-4-5-6-7-8-9-10-11-12-13-14-15-16-20-36(34,35)32-24-19-17-18-23(21-24)26-29-27-25(28)22(2)30-33(27)31-26/h17-19,21,30,32H,3-16,20H2,1-2H3. The van der Waals surface area contributed by atoms with Gasteiger partial charge in [-0.2, -0.15) is 4.63 Å². The fourth-order valence-corrected chi connectivity index (χ4v) is 5.81. The SMILES string of the molecule is CCCCCCCCCCCCCCCCS(=O)(=O)Nc1cccc(-c2nc3c(Cl)c(C)[nH]n3n2)c1. The van der Waals surface area contributed by atoms with Crippen molar-refractivity contribution in [3.05, 3.63) is 35.0 Å². The van der Waals surface area contributed by atoms with Crippen molar-refractivity contribution in [3.63, 3.8) is 0 Å². The van der Waals surface area contributed by atoms with Crippen molar-refractivity contribution < 1.29 is 8.42 Å². The van der Waals surface area contributed by atoms with Gasteiger partial charge in [0.25, 0.3) is 0 Å². The van der Waals surface area contributed by atoms with E-state index in [1.54, 1.807) is 18.2 Å². The Kier molecular flexibility index (Phi) is 11.6. The molecule has 200 valence electrons. The predicted octanol–water partition coefficient (Wildman–Crippen LogP) is 7.91. The zero-order valence-electron chi connectivity index (χ0n) is 21.9. The Balaban J connectivity index is 1.31. The molecule has 0 aliphatic heterocycles. The molecule has 3 rings (SSSR count). The van der Waals surface area contributed by atoms with Gasteiger partial charge < -0.3 is 0 Å². The molecule has 0 saturated carbocycles. The first kappa shape index (κ1) is 28.5. The molecule has 0 radical (unpaired) electrons. The molecule has 0 saturated heterocycles. The number of benzene rings is 1. The van der Waals surface area contributed by atoms with Gasteiger partial charge >= 0.3 is 0 Å². The highest BCUT2D eigenvalue weighted by Gasteiger charge is 2.15. The molecule has 0 spiro atoms. The number of sulfonamides is 1. The number of H-pyrrole nitrogens is 1. The van der Waals surface area contributed by atoms with E-state index < -0.39 is 10.0 Å². The number of hydrogen-bond acceptors (Lipinski definition) is 4. The Labute approximate surface area is 221 Å². The van der Waals surface area contributed by atoms with E-state index in [4.69, 9.17) is 11.6 Å². The third-order valence-corrected chi connectivity index (χ3v) is 8.39. The van der Waals surface area contributed by atoms with Crippen LogP contribution in [0.1, 0.15) is 103 Å². The second-order valence-corrected chi connectivity index (χ2v) is 12.0. The van der Waals surface area contributed by atoms with Gasteiger partial charge in [0.05, 0.1) is 11.4 Å². The summed E-state index contributed by atoms with van der Waals surface area (Å²) in [5.41, 5.74) is 2.58. The first-order chi connectivity index (χ1) is 17.4. The van der Waals surface area contributed by atoms with E-state index in [-0.39, 0.29) is 5.75 Å². The average Bonchev–Trinajstić information content (AvgIpc) is 3.38. The number of anilines is 1. The molecule has 1 aromatic carbocycles. The Morgan fingerprint density at radius 1 is 0.917 bits per heavy atom. The van der Waals surface area contributed by atoms with Crippen molar-refractivity contribution in [2.24, 2.45) is 0 Å². The van der Waals surface area contributed by atoms with Crippen LogP contribution < -0.4 is 4.72 Å². The summed E-state index contributed by atoms with van der Waals surface area (Å²) in [4.78, 5) is 4.47. The van der Waals surface area contributed by atoms with Gasteiger partial charge in [-0.15, -0.1) is 5.10 Å². The molecule has 0 aliphatic carbocycles. The van der Waals surface area contributed by atoms with Gasteiger partial charge in [0.15, 0.2) is 11.5 Å². The number of halogens is 1. The third kappa shape index (κ3) is 9.11. The van der Waals surface area contributed by atoms with Crippen LogP contribution in [0.2, 0.25) is 5.02 Å². The van der Waals surface area contributed by atoms with Gasteiger partial charge in [-0.3, -0.25) is 9.82 Å². The van der Waals surface area contributed by atoms with E-state index in [1.807, 2.05) is 13.0 Å². The zero-order chi connectivity index (χ0) is 25.8. The lowest BCUT2D eigenvalue weighted by Gasteiger charge is -2.09. The highest BCUT2D eigenvalue weighted by Crippen LogP contribution is 2.25. The minimum Gasteiger partial charge on any atom is -0.284 e. The highest BCUT2D eigenvalue weighted by molar-refractivity contribution is 7.92. The van der Waals surface area contributed by atoms with Gasteiger partial charge in [-0.1, -0.05) is 114 Å². The molecular weight excluding hydrogens is 494 g/mol. The lowest BCUT2D eigenvalue weighted by molar-refractivity contribution is 0.537. The molecule has 0 aliphatic rings. The van der Waals surface area contributed by atoms with Crippen LogP contribution >= 0.6 is 11.6 Å². The maximum absolute atomic E-state index is 12.6. The summed E-state index contributed by atoms with van der Waals surface area (Å²) in [5, 5.41) is 7.97. The maximum atomic E-state index is 12.6.